The maximum Gasteiger partial charge on any atom is 0.341 e. The monoisotopic (exact) mass is 245 g/mol. The second-order valence-corrected chi connectivity index (χ2v) is 3.91. The van der Waals surface area contributed by atoms with Crippen LogP contribution in [-0.4, -0.2) is 27.3 Å². The summed E-state index contributed by atoms with van der Waals surface area (Å²) in [6.45, 7) is 4.69. The van der Waals surface area contributed by atoms with Crippen LogP contribution >= 0.6 is 0 Å². The molecule has 94 valence electrons. The van der Waals surface area contributed by atoms with E-state index in [4.69, 9.17) is 4.74 Å². The van der Waals surface area contributed by atoms with E-state index in [0.717, 1.165) is 11.3 Å². The highest BCUT2D eigenvalue weighted by atomic mass is 16.5. The largest absolute Gasteiger partial charge is 0.462 e. The topological polar surface area (TPSA) is 57.0 Å². The quantitative estimate of drug-likeness (QED) is 0.771. The van der Waals surface area contributed by atoms with Gasteiger partial charge in [-0.1, -0.05) is 6.07 Å². The van der Waals surface area contributed by atoms with E-state index in [0.29, 0.717) is 18.7 Å². The first kappa shape index (κ1) is 12.3. The summed E-state index contributed by atoms with van der Waals surface area (Å²) >= 11 is 0. The molecule has 0 atom stereocenters. The first-order valence-electron chi connectivity index (χ1n) is 5.80. The first-order chi connectivity index (χ1) is 8.70. The van der Waals surface area contributed by atoms with Crippen LogP contribution in [0.15, 0.2) is 30.7 Å². The number of ether oxygens (including phenoxy) is 1. The number of carbonyl (C=O) groups excluding carboxylic acids is 1. The van der Waals surface area contributed by atoms with E-state index in [1.807, 2.05) is 19.1 Å². The molecule has 0 aromatic carbocycles. The molecule has 18 heavy (non-hydrogen) atoms. The number of hydrogen-bond acceptors (Lipinski definition) is 4. The molecule has 2 aromatic rings. The molecule has 0 fully saturated rings. The molecule has 0 amide bonds. The molecule has 0 bridgehead atoms. The van der Waals surface area contributed by atoms with Crippen LogP contribution in [0.2, 0.25) is 0 Å². The maximum atomic E-state index is 11.5. The lowest BCUT2D eigenvalue weighted by atomic mass is 10.2. The molecule has 0 unspecified atom stereocenters. The Morgan fingerprint density at radius 1 is 1.50 bits per heavy atom. The number of aromatic nitrogens is 3. The van der Waals surface area contributed by atoms with E-state index in [9.17, 15) is 4.79 Å². The van der Waals surface area contributed by atoms with Gasteiger partial charge in [-0.3, -0.25) is 9.67 Å². The number of nitrogens with zero attached hydrogens (tertiary/aromatic N) is 3. The molecule has 0 aliphatic rings. The Kier molecular flexibility index (Phi) is 3.72. The van der Waals surface area contributed by atoms with Crippen molar-refractivity contribution in [3.63, 3.8) is 0 Å². The van der Waals surface area contributed by atoms with Crippen LogP contribution in [-0.2, 0) is 11.3 Å². The van der Waals surface area contributed by atoms with E-state index in [1.165, 1.54) is 6.20 Å². The third kappa shape index (κ3) is 2.74. The van der Waals surface area contributed by atoms with Gasteiger partial charge in [0.1, 0.15) is 0 Å². The number of aryl methyl sites for hydroxylation is 1. The molecule has 5 heteroatoms. The SMILES string of the molecule is CCOC(=O)c1cnn(Cc2ncccc2C)c1. The molecule has 5 nitrogen and oxygen atoms in total. The summed E-state index contributed by atoms with van der Waals surface area (Å²) in [4.78, 5) is 15.8. The van der Waals surface area contributed by atoms with Crippen molar-refractivity contribution in [2.45, 2.75) is 20.4 Å². The van der Waals surface area contributed by atoms with E-state index in [1.54, 1.807) is 24.0 Å². The molecular weight excluding hydrogens is 230 g/mol. The van der Waals surface area contributed by atoms with Gasteiger partial charge >= 0.3 is 5.97 Å². The van der Waals surface area contributed by atoms with Gasteiger partial charge in [0.25, 0.3) is 0 Å². The highest BCUT2D eigenvalue weighted by Crippen LogP contribution is 2.07. The van der Waals surface area contributed by atoms with Crippen LogP contribution in [0.1, 0.15) is 28.5 Å². The highest BCUT2D eigenvalue weighted by Gasteiger charge is 2.10. The Bertz CT molecular complexity index is 549. The Labute approximate surface area is 105 Å². The lowest BCUT2D eigenvalue weighted by Crippen LogP contribution is -2.05. The van der Waals surface area contributed by atoms with Crippen molar-refractivity contribution in [3.05, 3.63) is 47.5 Å². The Hall–Kier alpha value is -2.17. The molecule has 0 aliphatic carbocycles. The van der Waals surface area contributed by atoms with Crippen molar-refractivity contribution in [2.75, 3.05) is 6.61 Å². The van der Waals surface area contributed by atoms with Crippen molar-refractivity contribution in [3.8, 4) is 0 Å². The van der Waals surface area contributed by atoms with E-state index in [2.05, 4.69) is 10.1 Å². The van der Waals surface area contributed by atoms with Gasteiger partial charge in [0.15, 0.2) is 0 Å². The zero-order chi connectivity index (χ0) is 13.0. The van der Waals surface area contributed by atoms with Gasteiger partial charge in [0.05, 0.1) is 30.6 Å². The number of esters is 1. The molecule has 2 heterocycles. The lowest BCUT2D eigenvalue weighted by Gasteiger charge is -2.03. The minimum atomic E-state index is -0.346. The summed E-state index contributed by atoms with van der Waals surface area (Å²) in [5, 5.41) is 4.13. The van der Waals surface area contributed by atoms with E-state index < -0.39 is 0 Å². The fraction of sp³-hybridized carbons (Fsp3) is 0.308. The van der Waals surface area contributed by atoms with Gasteiger partial charge < -0.3 is 4.74 Å². The molecule has 0 N–H and O–H groups in total. The highest BCUT2D eigenvalue weighted by molar-refractivity contribution is 5.88. The summed E-state index contributed by atoms with van der Waals surface area (Å²) in [7, 11) is 0. The molecule has 2 aromatic heterocycles. The van der Waals surface area contributed by atoms with Gasteiger partial charge in [-0.2, -0.15) is 5.10 Å². The zero-order valence-electron chi connectivity index (χ0n) is 10.5. The van der Waals surface area contributed by atoms with Gasteiger partial charge in [-0.15, -0.1) is 0 Å². The number of pyridine rings is 1. The predicted octanol–water partition coefficient (Wildman–Crippen LogP) is 1.81. The summed E-state index contributed by atoms with van der Waals surface area (Å²) < 4.78 is 6.59. The summed E-state index contributed by atoms with van der Waals surface area (Å²) in [5.41, 5.74) is 2.51. The van der Waals surface area contributed by atoms with Crippen molar-refractivity contribution < 1.29 is 9.53 Å². The van der Waals surface area contributed by atoms with Crippen LogP contribution in [0.4, 0.5) is 0 Å². The standard InChI is InChI=1S/C13H15N3O2/c1-3-18-13(17)11-7-15-16(8-11)9-12-10(2)5-4-6-14-12/h4-8H,3,9H2,1-2H3. The average molecular weight is 245 g/mol. The Morgan fingerprint density at radius 2 is 2.33 bits per heavy atom. The van der Waals surface area contributed by atoms with E-state index >= 15 is 0 Å². The third-order valence-electron chi connectivity index (χ3n) is 2.57. The van der Waals surface area contributed by atoms with Crippen LogP contribution in [0.25, 0.3) is 0 Å². The average Bonchev–Trinajstić information content (AvgIpc) is 2.81. The van der Waals surface area contributed by atoms with Crippen molar-refractivity contribution in [2.24, 2.45) is 0 Å². The predicted molar refractivity (Wildman–Crippen MR) is 66.3 cm³/mol. The van der Waals surface area contributed by atoms with Crippen molar-refractivity contribution >= 4 is 5.97 Å². The maximum absolute atomic E-state index is 11.5. The summed E-state index contributed by atoms with van der Waals surface area (Å²) in [6.07, 6.45) is 4.93. The Morgan fingerprint density at radius 3 is 3.06 bits per heavy atom. The normalized spacial score (nSPS) is 10.3. The van der Waals surface area contributed by atoms with Gasteiger partial charge in [0, 0.05) is 12.4 Å². The third-order valence-corrected chi connectivity index (χ3v) is 2.57. The van der Waals surface area contributed by atoms with Gasteiger partial charge in [-0.25, -0.2) is 4.79 Å². The van der Waals surface area contributed by atoms with Crippen LogP contribution < -0.4 is 0 Å². The second-order valence-electron chi connectivity index (χ2n) is 3.91. The fourth-order valence-electron chi connectivity index (χ4n) is 1.61. The number of carbonyl (C=O) groups is 1. The molecule has 0 radical (unpaired) electrons. The van der Waals surface area contributed by atoms with Crippen molar-refractivity contribution in [1.29, 1.82) is 0 Å². The molecule has 0 aliphatic heterocycles. The number of rotatable bonds is 4. The molecule has 0 spiro atoms. The second kappa shape index (κ2) is 5.44. The van der Waals surface area contributed by atoms with Gasteiger partial charge in [0.2, 0.25) is 0 Å². The molecular formula is C13H15N3O2. The van der Waals surface area contributed by atoms with E-state index in [-0.39, 0.29) is 5.97 Å². The number of hydrogen-bond donors (Lipinski definition) is 0. The van der Waals surface area contributed by atoms with Crippen LogP contribution in [0.3, 0.4) is 0 Å². The Balaban J connectivity index is 2.12. The molecule has 2 rings (SSSR count). The molecule has 0 saturated heterocycles. The smallest absolute Gasteiger partial charge is 0.341 e. The fourth-order valence-corrected chi connectivity index (χ4v) is 1.61. The lowest BCUT2D eigenvalue weighted by molar-refractivity contribution is 0.0526. The van der Waals surface area contributed by atoms with Gasteiger partial charge in [-0.05, 0) is 25.5 Å². The first-order valence-corrected chi connectivity index (χ1v) is 5.80. The minimum absolute atomic E-state index is 0.346. The zero-order valence-corrected chi connectivity index (χ0v) is 10.5. The van der Waals surface area contributed by atoms with Crippen LogP contribution in [0.5, 0.6) is 0 Å². The van der Waals surface area contributed by atoms with Crippen LogP contribution in [0, 0.1) is 6.92 Å². The summed E-state index contributed by atoms with van der Waals surface area (Å²) in [5.74, 6) is -0.346. The summed E-state index contributed by atoms with van der Waals surface area (Å²) in [6, 6.07) is 3.89. The molecule has 0 saturated carbocycles. The van der Waals surface area contributed by atoms with Crippen molar-refractivity contribution in [1.82, 2.24) is 14.8 Å². The minimum Gasteiger partial charge on any atom is -0.462 e.